The van der Waals surface area contributed by atoms with Crippen LogP contribution in [-0.4, -0.2) is 10.1 Å². The standard InChI is InChI=1S/C8H7O2P.CHNS/c9-11(10)7-6-8-4-2-1-3-5-8;2-1-3/h1-7H;2H/p+1. The fraction of sp³-hybridized carbons (Fsp3) is 0. The number of benzene rings is 1. The first-order valence-electron chi connectivity index (χ1n) is 3.63. The molecule has 1 atom stereocenters. The fourth-order valence-corrected chi connectivity index (χ4v) is 1.01. The van der Waals surface area contributed by atoms with Gasteiger partial charge in [-0.3, -0.25) is 0 Å². The molecule has 0 aliphatic heterocycles. The molecule has 0 saturated heterocycles. The van der Waals surface area contributed by atoms with E-state index in [1.54, 1.807) is 11.2 Å². The van der Waals surface area contributed by atoms with Gasteiger partial charge in [-0.25, -0.2) is 5.41 Å². The van der Waals surface area contributed by atoms with Gasteiger partial charge in [0.2, 0.25) is 0 Å². The Kier molecular flexibility index (Phi) is 7.71. The average molecular weight is 226 g/mol. The van der Waals surface area contributed by atoms with Gasteiger partial charge in [-0.1, -0.05) is 30.3 Å². The van der Waals surface area contributed by atoms with E-state index in [9.17, 15) is 4.57 Å². The molecule has 1 rings (SSSR count). The molecule has 0 heterocycles. The zero-order chi connectivity index (χ0) is 10.8. The van der Waals surface area contributed by atoms with E-state index in [4.69, 9.17) is 10.3 Å². The molecule has 1 aromatic carbocycles. The van der Waals surface area contributed by atoms with Crippen molar-refractivity contribution in [1.29, 1.82) is 5.41 Å². The van der Waals surface area contributed by atoms with Crippen LogP contribution in [0.5, 0.6) is 0 Å². The Morgan fingerprint density at radius 3 is 2.36 bits per heavy atom. The van der Waals surface area contributed by atoms with Crippen molar-refractivity contribution in [2.24, 2.45) is 0 Å². The van der Waals surface area contributed by atoms with Crippen LogP contribution < -0.4 is 0 Å². The van der Waals surface area contributed by atoms with Crippen molar-refractivity contribution in [2.45, 2.75) is 0 Å². The molecule has 0 radical (unpaired) electrons. The summed E-state index contributed by atoms with van der Waals surface area (Å²) in [5, 5.41) is 7.36. The first-order valence-corrected chi connectivity index (χ1v) is 5.32. The zero-order valence-corrected chi connectivity index (χ0v) is 8.96. The van der Waals surface area contributed by atoms with E-state index in [0.717, 1.165) is 5.56 Å². The van der Waals surface area contributed by atoms with E-state index in [1.165, 1.54) is 5.82 Å². The van der Waals surface area contributed by atoms with Gasteiger partial charge in [0.15, 0.2) is 5.82 Å². The third kappa shape index (κ3) is 7.47. The lowest BCUT2D eigenvalue weighted by Crippen LogP contribution is -1.65. The second kappa shape index (κ2) is 8.42. The van der Waals surface area contributed by atoms with Crippen molar-refractivity contribution >= 4 is 31.5 Å². The van der Waals surface area contributed by atoms with Gasteiger partial charge >= 0.3 is 8.03 Å². The highest BCUT2D eigenvalue weighted by atomic mass is 32.1. The van der Waals surface area contributed by atoms with Crippen LogP contribution >= 0.6 is 20.2 Å². The third-order valence-electron chi connectivity index (χ3n) is 1.19. The first-order chi connectivity index (χ1) is 6.70. The smallest absolute Gasteiger partial charge is 0.248 e. The van der Waals surface area contributed by atoms with Crippen molar-refractivity contribution < 1.29 is 9.46 Å². The first kappa shape index (κ1) is 12.8. The lowest BCUT2D eigenvalue weighted by Gasteiger charge is -1.85. The van der Waals surface area contributed by atoms with E-state index >= 15 is 0 Å². The van der Waals surface area contributed by atoms with Gasteiger partial charge in [0.05, 0.1) is 5.16 Å². The Labute approximate surface area is 88.5 Å². The molecule has 5 heteroatoms. The maximum absolute atomic E-state index is 10.2. The molecule has 2 N–H and O–H groups in total. The van der Waals surface area contributed by atoms with Crippen LogP contribution in [0, 0.1) is 5.41 Å². The van der Waals surface area contributed by atoms with Crippen LogP contribution in [0.2, 0.25) is 0 Å². The normalized spacial score (nSPS) is 9.93. The molecular formula is C9H9NO2PS+. The highest BCUT2D eigenvalue weighted by Gasteiger charge is 1.99. The summed E-state index contributed by atoms with van der Waals surface area (Å²) < 4.78 is 10.2. The summed E-state index contributed by atoms with van der Waals surface area (Å²) in [6, 6.07) is 9.40. The average Bonchev–Trinajstić information content (AvgIpc) is 2.18. The van der Waals surface area contributed by atoms with Gasteiger partial charge in [0, 0.05) is 0 Å². The SMILES string of the molecule is N=C=S.O=[P+](O)C=Cc1ccccc1. The van der Waals surface area contributed by atoms with Crippen molar-refractivity contribution in [3.05, 3.63) is 41.7 Å². The summed E-state index contributed by atoms with van der Waals surface area (Å²) in [6.45, 7) is 0. The molecule has 0 spiro atoms. The number of thiocarbonyl (C=S) groups is 1. The van der Waals surface area contributed by atoms with E-state index in [1.807, 2.05) is 30.3 Å². The van der Waals surface area contributed by atoms with Gasteiger partial charge in [-0.15, -0.1) is 0 Å². The molecule has 3 nitrogen and oxygen atoms in total. The molecule has 0 fully saturated rings. The molecular weight excluding hydrogens is 217 g/mol. The summed E-state index contributed by atoms with van der Waals surface area (Å²) in [5.41, 5.74) is 0.935. The molecule has 0 amide bonds. The Hall–Kier alpha value is -1.18. The highest BCUT2D eigenvalue weighted by Crippen LogP contribution is 2.16. The molecule has 1 aromatic rings. The van der Waals surface area contributed by atoms with E-state index < -0.39 is 8.03 Å². The van der Waals surface area contributed by atoms with E-state index in [2.05, 4.69) is 12.2 Å². The summed E-state index contributed by atoms with van der Waals surface area (Å²) >= 11 is 3.81. The molecule has 0 aliphatic carbocycles. The Balaban J connectivity index is 0.000000500. The summed E-state index contributed by atoms with van der Waals surface area (Å²) in [7, 11) is -2.15. The van der Waals surface area contributed by atoms with Crippen molar-refractivity contribution in [3.63, 3.8) is 0 Å². The zero-order valence-electron chi connectivity index (χ0n) is 7.25. The predicted molar refractivity (Wildman–Crippen MR) is 60.6 cm³/mol. The second-order valence-electron chi connectivity index (χ2n) is 2.13. The summed E-state index contributed by atoms with van der Waals surface area (Å²) in [5.74, 6) is 1.27. The number of isothiocyanates is 1. The quantitative estimate of drug-likeness (QED) is 0.463. The lowest BCUT2D eigenvalue weighted by atomic mass is 10.2. The number of hydrogen-bond donors (Lipinski definition) is 2. The number of hydrogen-bond acceptors (Lipinski definition) is 3. The van der Waals surface area contributed by atoms with Crippen molar-refractivity contribution in [1.82, 2.24) is 0 Å². The van der Waals surface area contributed by atoms with Crippen molar-refractivity contribution in [2.75, 3.05) is 0 Å². The minimum atomic E-state index is -2.15. The summed E-state index contributed by atoms with van der Waals surface area (Å²) in [6.07, 6.45) is 1.62. The van der Waals surface area contributed by atoms with Gasteiger partial charge < -0.3 is 0 Å². The maximum atomic E-state index is 10.2. The topological polar surface area (TPSA) is 61.2 Å². The largest absolute Gasteiger partial charge is 0.538 e. The van der Waals surface area contributed by atoms with Crippen LogP contribution in [0.15, 0.2) is 36.1 Å². The Morgan fingerprint density at radius 1 is 1.43 bits per heavy atom. The molecule has 72 valence electrons. The van der Waals surface area contributed by atoms with Crippen LogP contribution in [0.4, 0.5) is 0 Å². The molecule has 0 saturated carbocycles. The van der Waals surface area contributed by atoms with E-state index in [-0.39, 0.29) is 0 Å². The van der Waals surface area contributed by atoms with Gasteiger partial charge in [-0.2, -0.15) is 4.89 Å². The molecule has 1 unspecified atom stereocenters. The van der Waals surface area contributed by atoms with Gasteiger partial charge in [0.25, 0.3) is 0 Å². The monoisotopic (exact) mass is 226 g/mol. The predicted octanol–water partition coefficient (Wildman–Crippen LogP) is 3.06. The van der Waals surface area contributed by atoms with Crippen molar-refractivity contribution in [3.8, 4) is 0 Å². The maximum Gasteiger partial charge on any atom is 0.538 e. The van der Waals surface area contributed by atoms with Gasteiger partial charge in [0.1, 0.15) is 0 Å². The van der Waals surface area contributed by atoms with Crippen LogP contribution in [-0.2, 0) is 4.57 Å². The molecule has 0 aliphatic rings. The summed E-state index contributed by atoms with van der Waals surface area (Å²) in [4.78, 5) is 8.44. The number of nitrogens with one attached hydrogen (secondary N) is 1. The second-order valence-corrected chi connectivity index (χ2v) is 3.24. The molecule has 14 heavy (non-hydrogen) atoms. The Morgan fingerprint density at radius 2 is 1.93 bits per heavy atom. The van der Waals surface area contributed by atoms with Crippen LogP contribution in [0.25, 0.3) is 6.08 Å². The van der Waals surface area contributed by atoms with Crippen LogP contribution in [0.1, 0.15) is 5.56 Å². The van der Waals surface area contributed by atoms with Crippen LogP contribution in [0.3, 0.4) is 0 Å². The lowest BCUT2D eigenvalue weighted by molar-refractivity contribution is 0.513. The minimum absolute atomic E-state index is 0.935. The highest BCUT2D eigenvalue weighted by molar-refractivity contribution is 7.78. The fourth-order valence-electron chi connectivity index (χ4n) is 0.714. The Bertz CT molecular complexity index is 345. The van der Waals surface area contributed by atoms with E-state index in [0.29, 0.717) is 0 Å². The minimum Gasteiger partial charge on any atom is -0.248 e. The third-order valence-corrected chi connectivity index (χ3v) is 1.60. The van der Waals surface area contributed by atoms with Gasteiger partial charge in [-0.05, 0) is 28.4 Å². The molecule has 0 bridgehead atoms. The number of rotatable bonds is 2. The molecule has 0 aromatic heterocycles.